The predicted octanol–water partition coefficient (Wildman–Crippen LogP) is 0.964. The van der Waals surface area contributed by atoms with E-state index in [0.717, 1.165) is 44.4 Å². The van der Waals surface area contributed by atoms with Crippen molar-refractivity contribution < 1.29 is 19.0 Å². The second-order valence-corrected chi connectivity index (χ2v) is 9.86. The van der Waals surface area contributed by atoms with Crippen molar-refractivity contribution in [1.82, 2.24) is 24.8 Å². The van der Waals surface area contributed by atoms with Crippen LogP contribution in [0.2, 0.25) is 0 Å². The van der Waals surface area contributed by atoms with Gasteiger partial charge in [-0.3, -0.25) is 19.5 Å². The smallest absolute Gasteiger partial charge is 0.263 e. The highest BCUT2D eigenvalue weighted by atomic mass is 19.1. The average molecular weight is 495 g/mol. The maximum absolute atomic E-state index is 14.9. The Kier molecular flexibility index (Phi) is 5.70. The molecule has 0 unspecified atom stereocenters. The quantitative estimate of drug-likeness (QED) is 0.464. The Balaban J connectivity index is 1.10. The fourth-order valence-corrected chi connectivity index (χ4v) is 5.65. The fourth-order valence-electron chi connectivity index (χ4n) is 5.65. The minimum absolute atomic E-state index is 0.00108. The molecule has 10 nitrogen and oxygen atoms in total. The lowest BCUT2D eigenvalue weighted by Gasteiger charge is -2.37. The molecule has 6 rings (SSSR count). The number of ether oxygens (including phenoxy) is 1. The number of likely N-dealkylation sites (tertiary alicyclic amines) is 1. The van der Waals surface area contributed by atoms with Gasteiger partial charge in [0.2, 0.25) is 0 Å². The molecule has 3 aliphatic rings. The van der Waals surface area contributed by atoms with Crippen molar-refractivity contribution >= 4 is 22.8 Å². The van der Waals surface area contributed by atoms with Crippen LogP contribution in [-0.2, 0) is 23.5 Å². The van der Waals surface area contributed by atoms with E-state index < -0.39 is 11.4 Å². The summed E-state index contributed by atoms with van der Waals surface area (Å²) in [6.45, 7) is 3.11. The van der Waals surface area contributed by atoms with Crippen molar-refractivity contribution in [2.24, 2.45) is 5.92 Å². The molecular formula is C25H27FN6O4. The van der Waals surface area contributed by atoms with Gasteiger partial charge in [-0.1, -0.05) is 0 Å². The molecule has 0 spiro atoms. The first kappa shape index (κ1) is 23.0. The van der Waals surface area contributed by atoms with Gasteiger partial charge < -0.3 is 25.0 Å². The van der Waals surface area contributed by atoms with Gasteiger partial charge in [0.15, 0.2) is 18.2 Å². The van der Waals surface area contributed by atoms with Gasteiger partial charge in [0.1, 0.15) is 11.4 Å². The van der Waals surface area contributed by atoms with E-state index in [1.807, 2.05) is 12.1 Å². The third kappa shape index (κ3) is 4.12. The summed E-state index contributed by atoms with van der Waals surface area (Å²) in [5.41, 5.74) is 0.0970. The number of anilines is 1. The molecule has 0 aliphatic carbocycles. The van der Waals surface area contributed by atoms with Crippen molar-refractivity contribution in [3.63, 3.8) is 0 Å². The van der Waals surface area contributed by atoms with E-state index in [-0.39, 0.29) is 36.7 Å². The largest absolute Gasteiger partial charge is 0.480 e. The molecule has 11 heteroatoms. The molecule has 1 amide bonds. The van der Waals surface area contributed by atoms with E-state index in [0.29, 0.717) is 35.1 Å². The van der Waals surface area contributed by atoms with Gasteiger partial charge in [-0.2, -0.15) is 0 Å². The van der Waals surface area contributed by atoms with Crippen molar-refractivity contribution in [3.8, 4) is 5.75 Å². The second-order valence-electron chi connectivity index (χ2n) is 9.86. The van der Waals surface area contributed by atoms with Crippen LogP contribution in [0.3, 0.4) is 0 Å². The van der Waals surface area contributed by atoms with E-state index in [9.17, 15) is 19.1 Å². The molecule has 3 aromatic rings. The first-order valence-electron chi connectivity index (χ1n) is 12.2. The summed E-state index contributed by atoms with van der Waals surface area (Å²) >= 11 is 0. The summed E-state index contributed by atoms with van der Waals surface area (Å²) in [6.07, 6.45) is 3.12. The minimum Gasteiger partial charge on any atom is -0.480 e. The summed E-state index contributed by atoms with van der Waals surface area (Å²) in [5.74, 6) is 0.551. The molecule has 188 valence electrons. The highest BCUT2D eigenvalue weighted by Gasteiger charge is 2.43. The number of piperidine rings is 1. The highest BCUT2D eigenvalue weighted by molar-refractivity contribution is 5.94. The van der Waals surface area contributed by atoms with Crippen LogP contribution in [0.1, 0.15) is 24.1 Å². The van der Waals surface area contributed by atoms with Crippen molar-refractivity contribution in [2.75, 3.05) is 38.1 Å². The molecule has 0 saturated carbocycles. The van der Waals surface area contributed by atoms with Gasteiger partial charge in [0.05, 0.1) is 35.0 Å². The highest BCUT2D eigenvalue weighted by Crippen LogP contribution is 2.38. The number of hydrogen-bond donors (Lipinski definition) is 3. The third-order valence-corrected chi connectivity index (χ3v) is 7.20. The number of carbonyl (C=O) groups excluding carboxylic acids is 1. The van der Waals surface area contributed by atoms with Gasteiger partial charge in [-0.25, -0.2) is 9.37 Å². The molecule has 1 saturated heterocycles. The second kappa shape index (κ2) is 8.91. The maximum Gasteiger partial charge on any atom is 0.263 e. The zero-order valence-corrected chi connectivity index (χ0v) is 19.7. The van der Waals surface area contributed by atoms with Crippen LogP contribution >= 0.6 is 0 Å². The van der Waals surface area contributed by atoms with Gasteiger partial charge >= 0.3 is 0 Å². The Bertz CT molecular complexity index is 1410. The fraction of sp³-hybridized carbons (Fsp3) is 0.440. The third-order valence-electron chi connectivity index (χ3n) is 7.20. The van der Waals surface area contributed by atoms with Crippen LogP contribution in [0, 0.1) is 11.7 Å². The van der Waals surface area contributed by atoms with Crippen molar-refractivity contribution in [1.29, 1.82) is 0 Å². The van der Waals surface area contributed by atoms with E-state index in [1.54, 1.807) is 6.07 Å². The molecule has 36 heavy (non-hydrogen) atoms. The summed E-state index contributed by atoms with van der Waals surface area (Å²) in [5, 5.41) is 17.7. The van der Waals surface area contributed by atoms with E-state index in [1.165, 1.54) is 10.6 Å². The predicted molar refractivity (Wildman–Crippen MR) is 129 cm³/mol. The molecule has 2 atom stereocenters. The van der Waals surface area contributed by atoms with Crippen molar-refractivity contribution in [2.45, 2.75) is 31.5 Å². The number of β-amino-alcohol motifs (C(OH)–C–C–N with tert-alkyl or cyclic N) is 1. The normalized spacial score (nSPS) is 23.4. The number of nitrogens with zero attached hydrogens (tertiary/aromatic N) is 4. The zero-order chi connectivity index (χ0) is 24.9. The lowest BCUT2D eigenvalue weighted by Crippen LogP contribution is -2.47. The number of pyridine rings is 3. The van der Waals surface area contributed by atoms with Gasteiger partial charge in [-0.15, -0.1) is 0 Å². The Morgan fingerprint density at radius 1 is 1.28 bits per heavy atom. The Hall–Kier alpha value is -3.41. The van der Waals surface area contributed by atoms with Gasteiger partial charge in [-0.05, 0) is 50.0 Å². The maximum atomic E-state index is 14.9. The van der Waals surface area contributed by atoms with Crippen LogP contribution in [0.25, 0.3) is 11.0 Å². The first-order chi connectivity index (χ1) is 17.4. The number of aromatic nitrogens is 3. The molecular weight excluding hydrogens is 467 g/mol. The standard InChI is InChI=1S/C25H27FN6O4/c26-17-10-28-18-4-6-21(34)32-14-25(35,22(17)23(18)32)13-31-7-1-2-15(11-31)8-27-9-16-3-5-19-24(29-16)30-20(33)12-36-19/h3-6,10,15,27,35H,1-2,7-9,11-14H2,(H,29,30,33)/t15-,25-/m0/s1. The number of hydrogen-bond acceptors (Lipinski definition) is 8. The number of fused-ring (bicyclic) bond motifs is 1. The Morgan fingerprint density at radius 3 is 3.06 bits per heavy atom. The number of aliphatic hydroxyl groups is 1. The minimum atomic E-state index is -1.49. The molecule has 1 fully saturated rings. The number of carbonyl (C=O) groups is 1. The van der Waals surface area contributed by atoms with E-state index >= 15 is 0 Å². The van der Waals surface area contributed by atoms with Crippen LogP contribution < -0.4 is 20.9 Å². The molecule has 6 heterocycles. The molecule has 0 aromatic carbocycles. The van der Waals surface area contributed by atoms with Gasteiger partial charge in [0, 0.05) is 25.7 Å². The van der Waals surface area contributed by atoms with Crippen LogP contribution in [-0.4, -0.2) is 63.2 Å². The SMILES string of the molecule is O=C1COc2ccc(CNC[C@@H]3CCCN(C[C@]4(O)Cn5c(=O)ccc6ncc(F)c4c65)C3)nc2N1. The van der Waals surface area contributed by atoms with Crippen molar-refractivity contribution in [3.05, 3.63) is 57.9 Å². The van der Waals surface area contributed by atoms with Crippen LogP contribution in [0.15, 0.2) is 35.3 Å². The monoisotopic (exact) mass is 494 g/mol. The summed E-state index contributed by atoms with van der Waals surface area (Å²) < 4.78 is 21.6. The lowest BCUT2D eigenvalue weighted by atomic mass is 9.92. The van der Waals surface area contributed by atoms with E-state index in [2.05, 4.69) is 25.5 Å². The molecule has 0 radical (unpaired) electrons. The summed E-state index contributed by atoms with van der Waals surface area (Å²) in [6, 6.07) is 6.66. The van der Waals surface area contributed by atoms with Gasteiger partial charge in [0.25, 0.3) is 11.5 Å². The average Bonchev–Trinajstić information content (AvgIpc) is 3.17. The molecule has 0 bridgehead atoms. The summed E-state index contributed by atoms with van der Waals surface area (Å²) in [4.78, 5) is 34.7. The number of halogens is 1. The number of nitrogens with one attached hydrogen (secondary N) is 2. The lowest BCUT2D eigenvalue weighted by molar-refractivity contribution is -0.118. The van der Waals surface area contributed by atoms with Crippen LogP contribution in [0.5, 0.6) is 5.75 Å². The summed E-state index contributed by atoms with van der Waals surface area (Å²) in [7, 11) is 0. The number of amides is 1. The zero-order valence-electron chi connectivity index (χ0n) is 19.7. The van der Waals surface area contributed by atoms with Crippen LogP contribution in [0.4, 0.5) is 10.2 Å². The Morgan fingerprint density at radius 2 is 2.17 bits per heavy atom. The van der Waals surface area contributed by atoms with E-state index in [4.69, 9.17) is 4.74 Å². The molecule has 3 aromatic heterocycles. The number of rotatable bonds is 6. The first-order valence-corrected chi connectivity index (χ1v) is 12.2. The topological polar surface area (TPSA) is 122 Å². The Labute approximate surface area is 206 Å². The molecule has 3 aliphatic heterocycles. The molecule has 3 N–H and O–H groups in total.